The van der Waals surface area contributed by atoms with E-state index >= 15 is 0 Å². The summed E-state index contributed by atoms with van der Waals surface area (Å²) in [4.78, 5) is 11.2. The van der Waals surface area contributed by atoms with E-state index in [-0.39, 0.29) is 0 Å². The van der Waals surface area contributed by atoms with Crippen molar-refractivity contribution in [1.29, 1.82) is 0 Å². The minimum atomic E-state index is -1.05. The number of benzene rings is 2. The topological polar surface area (TPSA) is 78.3 Å². The van der Waals surface area contributed by atoms with Crippen molar-refractivity contribution in [2.45, 2.75) is 25.5 Å². The normalized spacial score (nSPS) is 13.4. The van der Waals surface area contributed by atoms with Crippen LogP contribution in [0, 0.1) is 0 Å². The molecule has 2 rings (SSSR count). The zero-order valence-electron chi connectivity index (χ0n) is 12.4. The second-order valence-corrected chi connectivity index (χ2v) is 5.96. The Labute approximate surface area is 135 Å². The summed E-state index contributed by atoms with van der Waals surface area (Å²) in [5.41, 5.74) is 12.0. The number of hydrogen-bond donors (Lipinski definition) is 2. The number of carbonyl (C=O) groups is 1. The van der Waals surface area contributed by atoms with Gasteiger partial charge in [-0.3, -0.25) is 4.79 Å². The lowest BCUT2D eigenvalue weighted by atomic mass is 9.93. The summed E-state index contributed by atoms with van der Waals surface area (Å²) in [7, 11) is 0. The van der Waals surface area contributed by atoms with E-state index in [9.17, 15) is 4.79 Å². The van der Waals surface area contributed by atoms with E-state index in [2.05, 4.69) is 0 Å². The molecule has 1 unspecified atom stereocenters. The van der Waals surface area contributed by atoms with Gasteiger partial charge in [-0.2, -0.15) is 0 Å². The van der Waals surface area contributed by atoms with Gasteiger partial charge in [-0.05, 0) is 48.7 Å². The molecule has 1 amide bonds. The third-order valence-electron chi connectivity index (χ3n) is 3.35. The molecular formula is C17H19ClN2O2. The van der Waals surface area contributed by atoms with Crippen molar-refractivity contribution in [3.63, 3.8) is 0 Å². The van der Waals surface area contributed by atoms with E-state index in [4.69, 9.17) is 27.8 Å². The predicted molar refractivity (Wildman–Crippen MR) is 87.7 cm³/mol. The lowest BCUT2D eigenvalue weighted by Gasteiger charge is -2.20. The van der Waals surface area contributed by atoms with Crippen molar-refractivity contribution in [3.05, 3.63) is 64.7 Å². The largest absolute Gasteiger partial charge is 0.489 e. The van der Waals surface area contributed by atoms with Gasteiger partial charge >= 0.3 is 0 Å². The monoisotopic (exact) mass is 318 g/mol. The van der Waals surface area contributed by atoms with Gasteiger partial charge in [0.15, 0.2) is 0 Å². The number of rotatable bonds is 6. The first kappa shape index (κ1) is 16.3. The van der Waals surface area contributed by atoms with Crippen molar-refractivity contribution in [1.82, 2.24) is 0 Å². The van der Waals surface area contributed by atoms with E-state index in [0.717, 1.165) is 16.9 Å². The lowest BCUT2D eigenvalue weighted by Crippen LogP contribution is -2.51. The Morgan fingerprint density at radius 3 is 2.45 bits per heavy atom. The average molecular weight is 319 g/mol. The van der Waals surface area contributed by atoms with Crippen LogP contribution in [0.2, 0.25) is 5.02 Å². The molecule has 0 heterocycles. The van der Waals surface area contributed by atoms with Gasteiger partial charge in [0.05, 0.1) is 5.54 Å². The molecule has 0 aromatic heterocycles. The van der Waals surface area contributed by atoms with Crippen molar-refractivity contribution in [3.8, 4) is 5.75 Å². The fourth-order valence-electron chi connectivity index (χ4n) is 2.01. The molecular weight excluding hydrogens is 300 g/mol. The molecule has 0 saturated carbocycles. The standard InChI is InChI=1S/C17H19ClN2O2/c1-17(20,16(19)21)10-12-5-7-15(8-6-12)22-11-13-3-2-4-14(18)9-13/h2-9H,10-11,20H2,1H3,(H2,19,21). The Kier molecular flexibility index (Phi) is 5.06. The molecule has 5 heteroatoms. The van der Waals surface area contributed by atoms with Crippen LogP contribution in [0.4, 0.5) is 0 Å². The highest BCUT2D eigenvalue weighted by molar-refractivity contribution is 6.30. The Hall–Kier alpha value is -2.04. The molecule has 4 N–H and O–H groups in total. The fraction of sp³-hybridized carbons (Fsp3) is 0.235. The number of carbonyl (C=O) groups excluding carboxylic acids is 1. The SMILES string of the molecule is CC(N)(Cc1ccc(OCc2cccc(Cl)c2)cc1)C(N)=O. The Morgan fingerprint density at radius 2 is 1.86 bits per heavy atom. The Balaban J connectivity index is 1.96. The van der Waals surface area contributed by atoms with Crippen LogP contribution in [0.3, 0.4) is 0 Å². The number of primary amides is 1. The van der Waals surface area contributed by atoms with Crippen molar-refractivity contribution < 1.29 is 9.53 Å². The van der Waals surface area contributed by atoms with Crippen molar-refractivity contribution in [2.75, 3.05) is 0 Å². The maximum atomic E-state index is 11.2. The molecule has 0 aliphatic rings. The average Bonchev–Trinajstić information content (AvgIpc) is 2.46. The van der Waals surface area contributed by atoms with Crippen molar-refractivity contribution >= 4 is 17.5 Å². The zero-order chi connectivity index (χ0) is 16.2. The number of halogens is 1. The highest BCUT2D eigenvalue weighted by Gasteiger charge is 2.25. The third-order valence-corrected chi connectivity index (χ3v) is 3.59. The number of hydrogen-bond acceptors (Lipinski definition) is 3. The van der Waals surface area contributed by atoms with E-state index in [0.29, 0.717) is 18.1 Å². The van der Waals surface area contributed by atoms with E-state index in [1.54, 1.807) is 6.92 Å². The third kappa shape index (κ3) is 4.48. The van der Waals surface area contributed by atoms with Crippen molar-refractivity contribution in [2.24, 2.45) is 11.5 Å². The van der Waals surface area contributed by atoms with Crippen LogP contribution in [-0.4, -0.2) is 11.4 Å². The predicted octanol–water partition coefficient (Wildman–Crippen LogP) is 2.66. The highest BCUT2D eigenvalue weighted by Crippen LogP contribution is 2.18. The first-order chi connectivity index (χ1) is 10.4. The molecule has 4 nitrogen and oxygen atoms in total. The first-order valence-corrected chi connectivity index (χ1v) is 7.29. The fourth-order valence-corrected chi connectivity index (χ4v) is 2.22. The molecule has 0 saturated heterocycles. The van der Waals surface area contributed by atoms with E-state index < -0.39 is 11.4 Å². The van der Waals surface area contributed by atoms with Gasteiger partial charge in [0.2, 0.25) is 5.91 Å². The summed E-state index contributed by atoms with van der Waals surface area (Å²) >= 11 is 5.93. The van der Waals surface area contributed by atoms with Crippen LogP contribution in [0.5, 0.6) is 5.75 Å². The smallest absolute Gasteiger partial charge is 0.237 e. The highest BCUT2D eigenvalue weighted by atomic mass is 35.5. The first-order valence-electron chi connectivity index (χ1n) is 6.92. The number of nitrogens with two attached hydrogens (primary N) is 2. The molecule has 0 fully saturated rings. The summed E-state index contributed by atoms with van der Waals surface area (Å²) < 4.78 is 5.70. The molecule has 0 aliphatic carbocycles. The van der Waals surface area contributed by atoms with E-state index in [1.165, 1.54) is 0 Å². The van der Waals surface area contributed by atoms with Crippen LogP contribution in [-0.2, 0) is 17.8 Å². The van der Waals surface area contributed by atoms with Gasteiger partial charge < -0.3 is 16.2 Å². The van der Waals surface area contributed by atoms with Crippen LogP contribution in [0.25, 0.3) is 0 Å². The summed E-state index contributed by atoms with van der Waals surface area (Å²) in [5.74, 6) is 0.218. The van der Waals surface area contributed by atoms with Gasteiger partial charge in [0.1, 0.15) is 12.4 Å². The molecule has 0 aliphatic heterocycles. The van der Waals surface area contributed by atoms with E-state index in [1.807, 2.05) is 48.5 Å². The molecule has 0 radical (unpaired) electrons. The van der Waals surface area contributed by atoms with Gasteiger partial charge in [-0.25, -0.2) is 0 Å². The maximum Gasteiger partial charge on any atom is 0.237 e. The molecule has 2 aromatic carbocycles. The molecule has 1 atom stereocenters. The van der Waals surface area contributed by atoms with Crippen LogP contribution in [0.1, 0.15) is 18.1 Å². The second kappa shape index (κ2) is 6.81. The lowest BCUT2D eigenvalue weighted by molar-refractivity contribution is -0.122. The minimum absolute atomic E-state index is 0.386. The van der Waals surface area contributed by atoms with Crippen LogP contribution >= 0.6 is 11.6 Å². The molecule has 116 valence electrons. The summed E-state index contributed by atoms with van der Waals surface area (Å²) in [5, 5.41) is 0.685. The number of amides is 1. The Bertz CT molecular complexity index is 654. The van der Waals surface area contributed by atoms with Gasteiger partial charge in [0, 0.05) is 5.02 Å². The second-order valence-electron chi connectivity index (χ2n) is 5.52. The van der Waals surface area contributed by atoms with Crippen LogP contribution in [0.15, 0.2) is 48.5 Å². The van der Waals surface area contributed by atoms with Gasteiger partial charge in [-0.15, -0.1) is 0 Å². The summed E-state index contributed by atoms with van der Waals surface area (Å²) in [6.45, 7) is 2.06. The summed E-state index contributed by atoms with van der Waals surface area (Å²) in [6.07, 6.45) is 0.386. The molecule has 0 spiro atoms. The molecule has 0 bridgehead atoms. The minimum Gasteiger partial charge on any atom is -0.489 e. The van der Waals surface area contributed by atoms with Gasteiger partial charge in [-0.1, -0.05) is 35.9 Å². The van der Waals surface area contributed by atoms with Gasteiger partial charge in [0.25, 0.3) is 0 Å². The van der Waals surface area contributed by atoms with Crippen LogP contribution < -0.4 is 16.2 Å². The zero-order valence-corrected chi connectivity index (χ0v) is 13.1. The summed E-state index contributed by atoms with van der Waals surface area (Å²) in [6, 6.07) is 15.0. The quantitative estimate of drug-likeness (QED) is 0.859. The Morgan fingerprint density at radius 1 is 1.18 bits per heavy atom. The number of ether oxygens (including phenoxy) is 1. The maximum absolute atomic E-state index is 11.2. The molecule has 2 aromatic rings. The molecule has 22 heavy (non-hydrogen) atoms.